The third kappa shape index (κ3) is 2.98. The molecule has 0 unspecified atom stereocenters. The zero-order valence-electron chi connectivity index (χ0n) is 10.4. The van der Waals surface area contributed by atoms with Crippen LogP contribution in [0.5, 0.6) is 0 Å². The number of aryl methyl sites for hydroxylation is 1. The molecule has 3 heteroatoms. The summed E-state index contributed by atoms with van der Waals surface area (Å²) in [5.74, 6) is 6.26. The normalized spacial score (nSPS) is 12.6. The molecule has 18 heavy (non-hydrogen) atoms. The van der Waals surface area contributed by atoms with Crippen molar-refractivity contribution in [3.63, 3.8) is 0 Å². The van der Waals surface area contributed by atoms with Gasteiger partial charge in [-0.3, -0.25) is 9.59 Å². The molecule has 1 amide bonds. The number of rotatable bonds is 2. The number of benzene rings is 1. The number of carbonyl (C=O) groups is 2. The van der Waals surface area contributed by atoms with Gasteiger partial charge in [0.15, 0.2) is 5.78 Å². The van der Waals surface area contributed by atoms with Crippen molar-refractivity contribution in [2.24, 2.45) is 0 Å². The van der Waals surface area contributed by atoms with Gasteiger partial charge in [0.1, 0.15) is 0 Å². The molecule has 0 fully saturated rings. The first-order chi connectivity index (χ1) is 8.66. The highest BCUT2D eigenvalue weighted by molar-refractivity contribution is 6.00. The second-order valence-electron chi connectivity index (χ2n) is 4.33. The van der Waals surface area contributed by atoms with E-state index in [1.807, 2.05) is 18.2 Å². The lowest BCUT2D eigenvalue weighted by Crippen LogP contribution is -2.20. The van der Waals surface area contributed by atoms with Gasteiger partial charge >= 0.3 is 0 Å². The molecule has 92 valence electrons. The zero-order chi connectivity index (χ0) is 13.0. The van der Waals surface area contributed by atoms with Crippen molar-refractivity contribution in [3.05, 3.63) is 34.9 Å². The van der Waals surface area contributed by atoms with Crippen molar-refractivity contribution in [1.29, 1.82) is 0 Å². The van der Waals surface area contributed by atoms with Crippen LogP contribution in [-0.4, -0.2) is 18.2 Å². The Labute approximate surface area is 107 Å². The molecule has 1 aliphatic carbocycles. The summed E-state index contributed by atoms with van der Waals surface area (Å²) in [7, 11) is 0. The third-order valence-corrected chi connectivity index (χ3v) is 2.88. The summed E-state index contributed by atoms with van der Waals surface area (Å²) < 4.78 is 0. The SMILES string of the molecule is CC(=O)NCCC#Cc1ccc2c(c1)CCC2=O. The molecule has 1 N–H and O–H groups in total. The Balaban J connectivity index is 1.97. The summed E-state index contributed by atoms with van der Waals surface area (Å²) in [6.45, 7) is 2.07. The van der Waals surface area contributed by atoms with Gasteiger partial charge in [0, 0.05) is 37.4 Å². The molecule has 0 spiro atoms. The van der Waals surface area contributed by atoms with Gasteiger partial charge in [-0.15, -0.1) is 0 Å². The van der Waals surface area contributed by atoms with Crippen LogP contribution >= 0.6 is 0 Å². The van der Waals surface area contributed by atoms with E-state index in [1.54, 1.807) is 0 Å². The third-order valence-electron chi connectivity index (χ3n) is 2.88. The minimum Gasteiger partial charge on any atom is -0.355 e. The summed E-state index contributed by atoms with van der Waals surface area (Å²) >= 11 is 0. The van der Waals surface area contributed by atoms with E-state index in [9.17, 15) is 9.59 Å². The fourth-order valence-corrected chi connectivity index (χ4v) is 2.00. The second kappa shape index (κ2) is 5.50. The first kappa shape index (κ1) is 12.4. The average molecular weight is 241 g/mol. The van der Waals surface area contributed by atoms with Crippen LogP contribution in [-0.2, 0) is 11.2 Å². The molecule has 0 saturated carbocycles. The molecule has 1 aliphatic rings. The first-order valence-electron chi connectivity index (χ1n) is 6.06. The molecule has 3 nitrogen and oxygen atoms in total. The number of carbonyl (C=O) groups excluding carboxylic acids is 2. The van der Waals surface area contributed by atoms with Crippen molar-refractivity contribution < 1.29 is 9.59 Å². The topological polar surface area (TPSA) is 46.2 Å². The highest BCUT2D eigenvalue weighted by atomic mass is 16.1. The fraction of sp³-hybridized carbons (Fsp3) is 0.333. The molecule has 1 aromatic rings. The van der Waals surface area contributed by atoms with Gasteiger partial charge in [-0.25, -0.2) is 0 Å². The van der Waals surface area contributed by atoms with Crippen LogP contribution in [0.3, 0.4) is 0 Å². The fourth-order valence-electron chi connectivity index (χ4n) is 2.00. The zero-order valence-corrected chi connectivity index (χ0v) is 10.4. The highest BCUT2D eigenvalue weighted by Crippen LogP contribution is 2.22. The number of amides is 1. The second-order valence-corrected chi connectivity index (χ2v) is 4.33. The van der Waals surface area contributed by atoms with E-state index in [-0.39, 0.29) is 11.7 Å². The number of nitrogens with one attached hydrogen (secondary N) is 1. The minimum atomic E-state index is -0.0344. The van der Waals surface area contributed by atoms with E-state index in [0.717, 1.165) is 23.1 Å². The summed E-state index contributed by atoms with van der Waals surface area (Å²) in [6, 6.07) is 5.74. The van der Waals surface area contributed by atoms with Crippen LogP contribution in [0.25, 0.3) is 0 Å². The Hall–Kier alpha value is -2.08. The molecule has 0 bridgehead atoms. The van der Waals surface area contributed by atoms with Crippen molar-refractivity contribution in [2.45, 2.75) is 26.2 Å². The summed E-state index contributed by atoms with van der Waals surface area (Å²) in [6.07, 6.45) is 2.08. The smallest absolute Gasteiger partial charge is 0.216 e. The van der Waals surface area contributed by atoms with Crippen molar-refractivity contribution in [1.82, 2.24) is 5.32 Å². The molecule has 0 radical (unpaired) electrons. The van der Waals surface area contributed by atoms with E-state index >= 15 is 0 Å². The van der Waals surface area contributed by atoms with Crippen LogP contribution in [0.1, 0.15) is 41.3 Å². The van der Waals surface area contributed by atoms with Crippen LogP contribution in [0.4, 0.5) is 0 Å². The number of hydrogen-bond acceptors (Lipinski definition) is 2. The van der Waals surface area contributed by atoms with Gasteiger partial charge in [-0.1, -0.05) is 11.8 Å². The first-order valence-corrected chi connectivity index (χ1v) is 6.06. The van der Waals surface area contributed by atoms with E-state index < -0.39 is 0 Å². The number of ketones is 1. The lowest BCUT2D eigenvalue weighted by molar-refractivity contribution is -0.118. The van der Waals surface area contributed by atoms with E-state index in [0.29, 0.717) is 19.4 Å². The molecule has 0 saturated heterocycles. The number of Topliss-reactive ketones (excluding diaryl/α,β-unsaturated/α-hetero) is 1. The largest absolute Gasteiger partial charge is 0.355 e. The standard InChI is InChI=1S/C15H15NO2/c1-11(17)16-9-3-2-4-12-5-7-14-13(10-12)6-8-15(14)18/h5,7,10H,3,6,8-9H2,1H3,(H,16,17). The van der Waals surface area contributed by atoms with Crippen LogP contribution < -0.4 is 5.32 Å². The summed E-state index contributed by atoms with van der Waals surface area (Å²) in [4.78, 5) is 22.1. The Bertz CT molecular complexity index is 549. The molecular formula is C15H15NO2. The molecule has 0 aliphatic heterocycles. The van der Waals surface area contributed by atoms with E-state index in [4.69, 9.17) is 0 Å². The predicted molar refractivity (Wildman–Crippen MR) is 69.3 cm³/mol. The molecule has 2 rings (SSSR count). The Morgan fingerprint density at radius 3 is 3.00 bits per heavy atom. The Kier molecular flexibility index (Phi) is 3.78. The van der Waals surface area contributed by atoms with Crippen LogP contribution in [0.2, 0.25) is 0 Å². The minimum absolute atomic E-state index is 0.0344. The lowest BCUT2D eigenvalue weighted by Gasteiger charge is -1.98. The van der Waals surface area contributed by atoms with Gasteiger partial charge in [0.2, 0.25) is 5.91 Å². The monoisotopic (exact) mass is 241 g/mol. The summed E-state index contributed by atoms with van der Waals surface area (Å²) in [5, 5.41) is 2.69. The van der Waals surface area contributed by atoms with Crippen LogP contribution in [0, 0.1) is 11.8 Å². The molecule has 0 aromatic heterocycles. The average Bonchev–Trinajstić information content (AvgIpc) is 2.70. The maximum atomic E-state index is 11.5. The number of hydrogen-bond donors (Lipinski definition) is 1. The maximum absolute atomic E-state index is 11.5. The van der Waals surface area contributed by atoms with Gasteiger partial charge in [0.05, 0.1) is 0 Å². The van der Waals surface area contributed by atoms with Gasteiger partial charge in [0.25, 0.3) is 0 Å². The lowest BCUT2D eigenvalue weighted by atomic mass is 10.1. The van der Waals surface area contributed by atoms with Gasteiger partial charge in [-0.2, -0.15) is 0 Å². The molecule has 1 aromatic carbocycles. The summed E-state index contributed by atoms with van der Waals surface area (Å²) in [5.41, 5.74) is 2.89. The Morgan fingerprint density at radius 2 is 2.22 bits per heavy atom. The van der Waals surface area contributed by atoms with Crippen LogP contribution in [0.15, 0.2) is 18.2 Å². The van der Waals surface area contributed by atoms with Crippen molar-refractivity contribution in [3.8, 4) is 11.8 Å². The molecule has 0 heterocycles. The van der Waals surface area contributed by atoms with E-state index in [2.05, 4.69) is 17.2 Å². The van der Waals surface area contributed by atoms with Gasteiger partial charge in [-0.05, 0) is 30.2 Å². The highest BCUT2D eigenvalue weighted by Gasteiger charge is 2.18. The molecule has 0 atom stereocenters. The molecular weight excluding hydrogens is 226 g/mol. The van der Waals surface area contributed by atoms with Gasteiger partial charge < -0.3 is 5.32 Å². The Morgan fingerprint density at radius 1 is 1.39 bits per heavy atom. The quantitative estimate of drug-likeness (QED) is 0.632. The predicted octanol–water partition coefficient (Wildman–Crippen LogP) is 1.69. The maximum Gasteiger partial charge on any atom is 0.216 e. The van der Waals surface area contributed by atoms with Crippen molar-refractivity contribution in [2.75, 3.05) is 6.54 Å². The van der Waals surface area contributed by atoms with E-state index in [1.165, 1.54) is 6.92 Å². The number of fused-ring (bicyclic) bond motifs is 1. The van der Waals surface area contributed by atoms with Crippen molar-refractivity contribution >= 4 is 11.7 Å².